The molecule has 1 fully saturated rings. The van der Waals surface area contributed by atoms with E-state index in [0.717, 1.165) is 41.2 Å². The Hall–Kier alpha value is -2.43. The number of pyridine rings is 1. The second-order valence-corrected chi connectivity index (χ2v) is 6.43. The van der Waals surface area contributed by atoms with E-state index in [-0.39, 0.29) is 0 Å². The van der Waals surface area contributed by atoms with Gasteiger partial charge in [0.1, 0.15) is 5.65 Å². The van der Waals surface area contributed by atoms with E-state index in [9.17, 15) is 0 Å². The number of fused-ring (bicyclic) bond motifs is 1. The predicted octanol–water partition coefficient (Wildman–Crippen LogP) is 4.26. The highest BCUT2D eigenvalue weighted by Crippen LogP contribution is 2.34. The van der Waals surface area contributed by atoms with Crippen molar-refractivity contribution in [1.29, 1.82) is 10.8 Å². The Morgan fingerprint density at radius 1 is 1.46 bits per heavy atom. The first kappa shape index (κ1) is 16.4. The number of piperidine rings is 1. The molecule has 3 rings (SSSR count). The summed E-state index contributed by atoms with van der Waals surface area (Å²) < 4.78 is 0. The molecular formula is C19H25N5. The topological polar surface area (TPSA) is 79.6 Å². The summed E-state index contributed by atoms with van der Waals surface area (Å²) in [4.78, 5) is 10.1. The van der Waals surface area contributed by atoms with E-state index in [1.165, 1.54) is 43.8 Å². The lowest BCUT2D eigenvalue weighted by Gasteiger charge is -2.35. The van der Waals surface area contributed by atoms with E-state index < -0.39 is 0 Å². The van der Waals surface area contributed by atoms with Crippen LogP contribution < -0.4 is 4.90 Å². The second kappa shape index (κ2) is 7.43. The van der Waals surface area contributed by atoms with Crippen LogP contribution in [0.2, 0.25) is 0 Å². The van der Waals surface area contributed by atoms with Gasteiger partial charge in [0.05, 0.1) is 0 Å². The minimum Gasteiger partial charge on any atom is -0.371 e. The van der Waals surface area contributed by atoms with Crippen molar-refractivity contribution in [2.75, 3.05) is 18.0 Å². The van der Waals surface area contributed by atoms with E-state index in [1.807, 2.05) is 12.4 Å². The molecule has 0 aliphatic carbocycles. The molecule has 24 heavy (non-hydrogen) atoms. The number of nitrogens with zero attached hydrogens (tertiary/aromatic N) is 2. The Balaban J connectivity index is 2.05. The Labute approximate surface area is 142 Å². The highest BCUT2D eigenvalue weighted by molar-refractivity contribution is 6.18. The number of nitrogens with one attached hydrogen (secondary N) is 3. The van der Waals surface area contributed by atoms with E-state index >= 15 is 0 Å². The second-order valence-electron chi connectivity index (χ2n) is 6.43. The molecule has 0 bridgehead atoms. The van der Waals surface area contributed by atoms with E-state index in [4.69, 9.17) is 10.8 Å². The minimum atomic E-state index is 0.729. The maximum Gasteiger partial charge on any atom is 0.139 e. The first-order valence-electron chi connectivity index (χ1n) is 8.71. The summed E-state index contributed by atoms with van der Waals surface area (Å²) in [6.07, 6.45) is 13.0. The molecule has 1 aliphatic rings. The molecule has 5 nitrogen and oxygen atoms in total. The molecular weight excluding hydrogens is 298 g/mol. The average molecular weight is 323 g/mol. The highest BCUT2D eigenvalue weighted by Gasteiger charge is 2.22. The Bertz CT molecular complexity index is 756. The van der Waals surface area contributed by atoms with Gasteiger partial charge in [-0.15, -0.1) is 0 Å². The molecule has 2 aromatic heterocycles. The van der Waals surface area contributed by atoms with Gasteiger partial charge in [-0.25, -0.2) is 4.98 Å². The largest absolute Gasteiger partial charge is 0.371 e. The summed E-state index contributed by atoms with van der Waals surface area (Å²) in [5.74, 6) is 0.758. The number of hydrogen-bond acceptors (Lipinski definition) is 4. The minimum absolute atomic E-state index is 0.729. The van der Waals surface area contributed by atoms with Gasteiger partial charge in [0, 0.05) is 60.1 Å². The normalized spacial score (nSPS) is 18.8. The van der Waals surface area contributed by atoms with Gasteiger partial charge in [0.25, 0.3) is 0 Å². The van der Waals surface area contributed by atoms with Crippen LogP contribution in [-0.2, 0) is 0 Å². The number of anilines is 1. The van der Waals surface area contributed by atoms with Crippen molar-refractivity contribution in [2.45, 2.75) is 32.6 Å². The molecule has 0 saturated carbocycles. The zero-order valence-corrected chi connectivity index (χ0v) is 14.2. The number of aromatic nitrogens is 2. The Morgan fingerprint density at radius 2 is 2.33 bits per heavy atom. The standard InChI is InChI=1S/C19H25N5/c1-2-4-14-5-3-10-24(13-14)17-7-9-22-19-18(17)16(12-23-19)15(11-21)6-8-20/h6-9,11-12,14,20-21H,2-5,10,13H2,1H3,(H,22,23)/b15-6+,20-8?,21-11?/t14-/m0/s1. The molecule has 1 atom stereocenters. The lowest BCUT2D eigenvalue weighted by Crippen LogP contribution is -2.35. The molecule has 3 N–H and O–H groups in total. The molecule has 2 aromatic rings. The van der Waals surface area contributed by atoms with Crippen molar-refractivity contribution < 1.29 is 0 Å². The Kier molecular flexibility index (Phi) is 5.08. The van der Waals surface area contributed by atoms with Crippen molar-refractivity contribution in [3.05, 3.63) is 30.1 Å². The van der Waals surface area contributed by atoms with Gasteiger partial charge in [-0.1, -0.05) is 13.3 Å². The van der Waals surface area contributed by atoms with Crippen molar-refractivity contribution in [2.24, 2.45) is 5.92 Å². The van der Waals surface area contributed by atoms with Gasteiger partial charge < -0.3 is 20.7 Å². The van der Waals surface area contributed by atoms with Crippen LogP contribution in [0.3, 0.4) is 0 Å². The van der Waals surface area contributed by atoms with Gasteiger partial charge in [-0.2, -0.15) is 0 Å². The van der Waals surface area contributed by atoms with Crippen molar-refractivity contribution in [3.63, 3.8) is 0 Å². The number of aromatic amines is 1. The van der Waals surface area contributed by atoms with Crippen LogP contribution in [0.1, 0.15) is 38.2 Å². The van der Waals surface area contributed by atoms with Gasteiger partial charge in [0.15, 0.2) is 0 Å². The zero-order chi connectivity index (χ0) is 16.9. The van der Waals surface area contributed by atoms with Crippen LogP contribution in [0.25, 0.3) is 16.6 Å². The molecule has 1 aliphatic heterocycles. The first-order chi connectivity index (χ1) is 11.8. The SMILES string of the molecule is CCC[C@H]1CCCN(c2ccnc3[nH]cc(/C(C=N)=C/C=N)c23)C1. The molecule has 126 valence electrons. The third-order valence-electron chi connectivity index (χ3n) is 4.84. The summed E-state index contributed by atoms with van der Waals surface area (Å²) in [5, 5.41) is 16.1. The molecule has 0 amide bonds. The van der Waals surface area contributed by atoms with Crippen LogP contribution in [0.4, 0.5) is 5.69 Å². The van der Waals surface area contributed by atoms with Crippen LogP contribution >= 0.6 is 0 Å². The number of hydrogen-bond donors (Lipinski definition) is 3. The van der Waals surface area contributed by atoms with E-state index in [1.54, 1.807) is 6.08 Å². The van der Waals surface area contributed by atoms with Crippen molar-refractivity contribution in [1.82, 2.24) is 9.97 Å². The highest BCUT2D eigenvalue weighted by atomic mass is 15.1. The third-order valence-corrected chi connectivity index (χ3v) is 4.84. The zero-order valence-electron chi connectivity index (χ0n) is 14.2. The number of rotatable bonds is 6. The van der Waals surface area contributed by atoms with Crippen LogP contribution in [-0.4, -0.2) is 35.5 Å². The smallest absolute Gasteiger partial charge is 0.139 e. The summed E-state index contributed by atoms with van der Waals surface area (Å²) in [7, 11) is 0. The monoisotopic (exact) mass is 323 g/mol. The van der Waals surface area contributed by atoms with E-state index in [0.29, 0.717) is 0 Å². The van der Waals surface area contributed by atoms with Gasteiger partial charge in [0.2, 0.25) is 0 Å². The number of H-pyrrole nitrogens is 1. The van der Waals surface area contributed by atoms with E-state index in [2.05, 4.69) is 27.9 Å². The summed E-state index contributed by atoms with van der Waals surface area (Å²) in [5.41, 5.74) is 3.71. The maximum atomic E-state index is 7.67. The maximum absolute atomic E-state index is 7.67. The third kappa shape index (κ3) is 3.11. The number of allylic oxidation sites excluding steroid dienone is 2. The van der Waals surface area contributed by atoms with Gasteiger partial charge in [-0.05, 0) is 37.3 Å². The quantitative estimate of drug-likeness (QED) is 0.694. The van der Waals surface area contributed by atoms with Crippen molar-refractivity contribution >= 4 is 34.7 Å². The average Bonchev–Trinajstić information content (AvgIpc) is 3.04. The predicted molar refractivity (Wildman–Crippen MR) is 101 cm³/mol. The van der Waals surface area contributed by atoms with Gasteiger partial charge in [-0.3, -0.25) is 0 Å². The molecule has 0 radical (unpaired) electrons. The fourth-order valence-electron chi connectivity index (χ4n) is 3.76. The molecule has 3 heterocycles. The lowest BCUT2D eigenvalue weighted by atomic mass is 9.93. The van der Waals surface area contributed by atoms with Crippen molar-refractivity contribution in [3.8, 4) is 0 Å². The molecule has 1 saturated heterocycles. The molecule has 5 heteroatoms. The molecule has 0 aromatic carbocycles. The first-order valence-corrected chi connectivity index (χ1v) is 8.71. The summed E-state index contributed by atoms with van der Waals surface area (Å²) in [6, 6.07) is 2.08. The van der Waals surface area contributed by atoms with Crippen LogP contribution in [0.5, 0.6) is 0 Å². The lowest BCUT2D eigenvalue weighted by molar-refractivity contribution is 0.388. The summed E-state index contributed by atoms with van der Waals surface area (Å²) >= 11 is 0. The van der Waals surface area contributed by atoms with Crippen LogP contribution in [0, 0.1) is 16.7 Å². The Morgan fingerprint density at radius 3 is 3.08 bits per heavy atom. The van der Waals surface area contributed by atoms with Gasteiger partial charge >= 0.3 is 0 Å². The molecule has 0 spiro atoms. The van der Waals surface area contributed by atoms with Crippen LogP contribution in [0.15, 0.2) is 24.5 Å². The fraction of sp³-hybridized carbons (Fsp3) is 0.421. The summed E-state index contributed by atoms with van der Waals surface area (Å²) in [6.45, 7) is 4.41. The fourth-order valence-corrected chi connectivity index (χ4v) is 3.76. The molecule has 0 unspecified atom stereocenters.